The summed E-state index contributed by atoms with van der Waals surface area (Å²) >= 11 is 6.19. The maximum absolute atomic E-state index is 13.1. The van der Waals surface area contributed by atoms with E-state index in [2.05, 4.69) is 35.1 Å². The second kappa shape index (κ2) is 8.96. The van der Waals surface area contributed by atoms with Gasteiger partial charge in [0, 0.05) is 40.3 Å². The Balaban J connectivity index is 1.48. The van der Waals surface area contributed by atoms with Gasteiger partial charge in [-0.05, 0) is 42.8 Å². The third-order valence-electron chi connectivity index (χ3n) is 5.66. The van der Waals surface area contributed by atoms with Crippen LogP contribution in [0.1, 0.15) is 12.5 Å². The number of halogens is 1. The van der Waals surface area contributed by atoms with Crippen LogP contribution >= 0.6 is 11.6 Å². The average molecular weight is 455 g/mol. The second-order valence-electron chi connectivity index (χ2n) is 7.85. The van der Waals surface area contributed by atoms with Crippen LogP contribution in [0, 0.1) is 0 Å². The summed E-state index contributed by atoms with van der Waals surface area (Å²) in [5, 5.41) is 9.57. The van der Waals surface area contributed by atoms with Gasteiger partial charge in [0.2, 0.25) is 5.91 Å². The molecule has 5 nitrogen and oxygen atoms in total. The van der Waals surface area contributed by atoms with E-state index in [0.717, 1.165) is 40.0 Å². The van der Waals surface area contributed by atoms with Crippen LogP contribution in [-0.2, 0) is 17.8 Å². The Morgan fingerprint density at radius 1 is 0.970 bits per heavy atom. The maximum atomic E-state index is 13.1. The highest BCUT2D eigenvalue weighted by Crippen LogP contribution is 2.27. The number of carbonyl (C=O) groups excluding carboxylic acids is 1. The van der Waals surface area contributed by atoms with Crippen molar-refractivity contribution >= 4 is 34.2 Å². The summed E-state index contributed by atoms with van der Waals surface area (Å²) < 4.78 is 3.92. The summed E-state index contributed by atoms with van der Waals surface area (Å²) in [5.41, 5.74) is 4.63. The summed E-state index contributed by atoms with van der Waals surface area (Å²) in [5.74, 6) is 0.518. The minimum Gasteiger partial charge on any atom is -0.347 e. The number of nitrogens with one attached hydrogen (secondary N) is 1. The lowest BCUT2D eigenvalue weighted by atomic mass is 10.1. The van der Waals surface area contributed by atoms with Crippen LogP contribution in [0.25, 0.3) is 27.8 Å². The minimum absolute atomic E-state index is 0.0938. The number of hydrogen-bond donors (Lipinski definition) is 1. The van der Waals surface area contributed by atoms with Gasteiger partial charge >= 0.3 is 0 Å². The summed E-state index contributed by atoms with van der Waals surface area (Å²) in [4.78, 5) is 13.1. The number of aromatic nitrogens is 3. The van der Waals surface area contributed by atoms with Crippen LogP contribution in [0.5, 0.6) is 0 Å². The third kappa shape index (κ3) is 4.28. The molecule has 0 saturated carbocycles. The fourth-order valence-corrected chi connectivity index (χ4v) is 4.30. The van der Waals surface area contributed by atoms with Crippen molar-refractivity contribution in [2.75, 3.05) is 5.32 Å². The Morgan fingerprint density at radius 3 is 2.55 bits per heavy atom. The quantitative estimate of drug-likeness (QED) is 0.325. The summed E-state index contributed by atoms with van der Waals surface area (Å²) in [6.07, 6.45) is 2.34. The molecule has 0 atom stereocenters. The highest BCUT2D eigenvalue weighted by Gasteiger charge is 2.16. The third-order valence-corrected chi connectivity index (χ3v) is 5.90. The molecule has 3 aromatic carbocycles. The fourth-order valence-electron chi connectivity index (χ4n) is 4.11. The van der Waals surface area contributed by atoms with Gasteiger partial charge in [-0.25, -0.2) is 4.68 Å². The van der Waals surface area contributed by atoms with Crippen LogP contribution in [0.4, 0.5) is 5.82 Å². The van der Waals surface area contributed by atoms with Crippen molar-refractivity contribution in [1.82, 2.24) is 14.3 Å². The predicted octanol–water partition coefficient (Wildman–Crippen LogP) is 6.35. The van der Waals surface area contributed by atoms with Crippen molar-refractivity contribution in [1.29, 1.82) is 0 Å². The number of anilines is 1. The topological polar surface area (TPSA) is 51.9 Å². The number of rotatable bonds is 6. The normalized spacial score (nSPS) is 11.1. The molecule has 5 rings (SSSR count). The molecule has 0 aliphatic rings. The first-order valence-electron chi connectivity index (χ1n) is 10.9. The molecule has 33 heavy (non-hydrogen) atoms. The van der Waals surface area contributed by atoms with Gasteiger partial charge in [-0.15, -0.1) is 0 Å². The summed E-state index contributed by atoms with van der Waals surface area (Å²) in [7, 11) is 0. The standard InChI is InChI=1S/C27H23ClN4O/c1-2-31-18-20(23-13-6-7-14-25(23)31)16-27(33)29-26-17-24(19-9-8-10-21(28)15-19)30-32(26)22-11-4-3-5-12-22/h3-15,17-18H,2,16H2,1H3,(H,29,33). The monoisotopic (exact) mass is 454 g/mol. The molecule has 2 heterocycles. The lowest BCUT2D eigenvalue weighted by molar-refractivity contribution is -0.115. The average Bonchev–Trinajstić information content (AvgIpc) is 3.41. The molecule has 0 radical (unpaired) electrons. The smallest absolute Gasteiger partial charge is 0.230 e. The second-order valence-corrected chi connectivity index (χ2v) is 8.29. The van der Waals surface area contributed by atoms with E-state index >= 15 is 0 Å². The van der Waals surface area contributed by atoms with E-state index in [1.165, 1.54) is 0 Å². The molecule has 0 aliphatic heterocycles. The first-order chi connectivity index (χ1) is 16.1. The molecule has 0 spiro atoms. The largest absolute Gasteiger partial charge is 0.347 e. The Kier molecular flexibility index (Phi) is 5.71. The molecule has 1 N–H and O–H groups in total. The first-order valence-corrected chi connectivity index (χ1v) is 11.3. The van der Waals surface area contributed by atoms with E-state index in [-0.39, 0.29) is 12.3 Å². The molecule has 0 bridgehead atoms. The Hall–Kier alpha value is -3.83. The highest BCUT2D eigenvalue weighted by atomic mass is 35.5. The van der Waals surface area contributed by atoms with Gasteiger partial charge in [0.25, 0.3) is 0 Å². The zero-order chi connectivity index (χ0) is 22.8. The fraction of sp³-hybridized carbons (Fsp3) is 0.111. The van der Waals surface area contributed by atoms with Crippen molar-refractivity contribution < 1.29 is 4.79 Å². The molecule has 2 aromatic heterocycles. The summed E-state index contributed by atoms with van der Waals surface area (Å²) in [6.45, 7) is 2.96. The van der Waals surface area contributed by atoms with Crippen molar-refractivity contribution in [3.05, 3.63) is 102 Å². The van der Waals surface area contributed by atoms with Crippen LogP contribution < -0.4 is 5.32 Å². The van der Waals surface area contributed by atoms with E-state index in [1.807, 2.05) is 72.8 Å². The molecular formula is C27H23ClN4O. The number of carbonyl (C=O) groups is 1. The van der Waals surface area contributed by atoms with E-state index in [9.17, 15) is 4.79 Å². The molecule has 164 valence electrons. The van der Waals surface area contributed by atoms with Crippen LogP contribution in [0.15, 0.2) is 91.1 Å². The van der Waals surface area contributed by atoms with Gasteiger partial charge in [0.15, 0.2) is 0 Å². The van der Waals surface area contributed by atoms with E-state index < -0.39 is 0 Å². The maximum Gasteiger partial charge on any atom is 0.230 e. The van der Waals surface area contributed by atoms with Crippen LogP contribution in [-0.4, -0.2) is 20.3 Å². The molecule has 0 saturated heterocycles. The van der Waals surface area contributed by atoms with Crippen LogP contribution in [0.3, 0.4) is 0 Å². The number of nitrogens with zero attached hydrogens (tertiary/aromatic N) is 3. The van der Waals surface area contributed by atoms with Gasteiger partial charge in [0.1, 0.15) is 5.82 Å². The van der Waals surface area contributed by atoms with Gasteiger partial charge in [-0.1, -0.05) is 60.1 Å². The van der Waals surface area contributed by atoms with E-state index in [4.69, 9.17) is 16.7 Å². The summed E-state index contributed by atoms with van der Waals surface area (Å²) in [6, 6.07) is 27.4. The van der Waals surface area contributed by atoms with Gasteiger partial charge in [0.05, 0.1) is 17.8 Å². The Labute approximate surface area is 197 Å². The number of aryl methyl sites for hydroxylation is 1. The van der Waals surface area contributed by atoms with Crippen LogP contribution in [0.2, 0.25) is 5.02 Å². The predicted molar refractivity (Wildman–Crippen MR) is 134 cm³/mol. The highest BCUT2D eigenvalue weighted by molar-refractivity contribution is 6.30. The van der Waals surface area contributed by atoms with E-state index in [1.54, 1.807) is 4.68 Å². The number of benzene rings is 3. The lowest BCUT2D eigenvalue weighted by Gasteiger charge is -2.08. The SMILES string of the molecule is CCn1cc(CC(=O)Nc2cc(-c3cccc(Cl)c3)nn2-c2ccccc2)c2ccccc21. The molecule has 5 aromatic rings. The number of para-hydroxylation sites is 2. The Morgan fingerprint density at radius 2 is 1.76 bits per heavy atom. The van der Waals surface area contributed by atoms with Gasteiger partial charge < -0.3 is 9.88 Å². The molecule has 0 aliphatic carbocycles. The number of amides is 1. The van der Waals surface area contributed by atoms with Gasteiger partial charge in [-0.3, -0.25) is 4.79 Å². The molecular weight excluding hydrogens is 432 g/mol. The zero-order valence-corrected chi connectivity index (χ0v) is 19.0. The van der Waals surface area contributed by atoms with Crippen molar-refractivity contribution in [3.8, 4) is 16.9 Å². The molecule has 0 unspecified atom stereocenters. The van der Waals surface area contributed by atoms with Crippen molar-refractivity contribution in [3.63, 3.8) is 0 Å². The number of fused-ring (bicyclic) bond motifs is 1. The van der Waals surface area contributed by atoms with Crippen molar-refractivity contribution in [2.45, 2.75) is 19.9 Å². The lowest BCUT2D eigenvalue weighted by Crippen LogP contribution is -2.17. The molecule has 6 heteroatoms. The van der Waals surface area contributed by atoms with Crippen molar-refractivity contribution in [2.24, 2.45) is 0 Å². The number of hydrogen-bond acceptors (Lipinski definition) is 2. The molecule has 1 amide bonds. The Bertz CT molecular complexity index is 1440. The van der Waals surface area contributed by atoms with E-state index in [0.29, 0.717) is 10.8 Å². The van der Waals surface area contributed by atoms with Gasteiger partial charge in [-0.2, -0.15) is 5.10 Å². The minimum atomic E-state index is -0.0938. The zero-order valence-electron chi connectivity index (χ0n) is 18.2. The molecule has 0 fully saturated rings. The first kappa shape index (κ1) is 21.0.